The fourth-order valence-electron chi connectivity index (χ4n) is 2.34. The van der Waals surface area contributed by atoms with Crippen molar-refractivity contribution in [3.05, 3.63) is 34.6 Å². The zero-order valence-corrected chi connectivity index (χ0v) is 15.6. The number of nitrogens with one attached hydrogen (secondary N) is 1. The lowest BCUT2D eigenvalue weighted by Crippen LogP contribution is -2.46. The van der Waals surface area contributed by atoms with E-state index in [1.165, 1.54) is 6.07 Å². The van der Waals surface area contributed by atoms with Gasteiger partial charge in [-0.05, 0) is 57.2 Å². The van der Waals surface area contributed by atoms with Crippen LogP contribution >= 0.6 is 35.6 Å². The molecule has 0 amide bonds. The molecule has 118 valence electrons. The van der Waals surface area contributed by atoms with Crippen LogP contribution in [0.2, 0.25) is 5.02 Å². The number of aliphatic imine (C=N–C) groups is 1. The zero-order chi connectivity index (χ0) is 14.9. The normalized spacial score (nSPS) is 22.2. The van der Waals surface area contributed by atoms with E-state index in [0.717, 1.165) is 18.4 Å². The monoisotopic (exact) mass is 425 g/mol. The summed E-state index contributed by atoms with van der Waals surface area (Å²) in [5.74, 6) is 0.505. The minimum Gasteiger partial charge on any atom is -0.370 e. The Bertz CT molecular complexity index is 522. The Morgan fingerprint density at radius 1 is 1.38 bits per heavy atom. The summed E-state index contributed by atoms with van der Waals surface area (Å²) in [5, 5.41) is 3.33. The van der Waals surface area contributed by atoms with Gasteiger partial charge >= 0.3 is 0 Å². The largest absolute Gasteiger partial charge is 0.370 e. The summed E-state index contributed by atoms with van der Waals surface area (Å²) in [7, 11) is 0. The summed E-state index contributed by atoms with van der Waals surface area (Å²) in [4.78, 5) is 4.46. The highest BCUT2D eigenvalue weighted by Gasteiger charge is 2.30. The van der Waals surface area contributed by atoms with Crippen molar-refractivity contribution >= 4 is 41.5 Å². The molecule has 1 saturated carbocycles. The molecule has 3 N–H and O–H groups in total. The minimum atomic E-state index is -0.372. The molecule has 0 aliphatic heterocycles. The number of hydrogen-bond acceptors (Lipinski definition) is 1. The lowest BCUT2D eigenvalue weighted by molar-refractivity contribution is 0.351. The zero-order valence-electron chi connectivity index (χ0n) is 12.5. The summed E-state index contributed by atoms with van der Waals surface area (Å²) in [6, 6.07) is 5.16. The maximum absolute atomic E-state index is 13.1. The van der Waals surface area contributed by atoms with E-state index in [0.29, 0.717) is 11.9 Å². The van der Waals surface area contributed by atoms with Crippen LogP contribution in [-0.2, 0) is 0 Å². The van der Waals surface area contributed by atoms with Crippen LogP contribution in [0.1, 0.15) is 45.1 Å². The number of nitrogens with zero attached hydrogens (tertiary/aromatic N) is 1. The molecule has 1 aromatic rings. The quantitative estimate of drug-likeness (QED) is 0.427. The molecule has 0 bridgehead atoms. The van der Waals surface area contributed by atoms with Gasteiger partial charge in [0.15, 0.2) is 5.96 Å². The molecule has 0 radical (unpaired) electrons. The van der Waals surface area contributed by atoms with Crippen LogP contribution in [-0.4, -0.2) is 17.5 Å². The van der Waals surface area contributed by atoms with Gasteiger partial charge in [0.05, 0.1) is 11.1 Å². The molecular weight excluding hydrogens is 404 g/mol. The van der Waals surface area contributed by atoms with Crippen LogP contribution in [0.3, 0.4) is 0 Å². The average Bonchev–Trinajstić information content (AvgIpc) is 2.24. The molecule has 0 unspecified atom stereocenters. The van der Waals surface area contributed by atoms with E-state index in [4.69, 9.17) is 17.3 Å². The van der Waals surface area contributed by atoms with Crippen LogP contribution < -0.4 is 11.1 Å². The summed E-state index contributed by atoms with van der Waals surface area (Å²) in [5.41, 5.74) is 6.86. The molecule has 0 saturated heterocycles. The molecule has 1 fully saturated rings. The van der Waals surface area contributed by atoms with Gasteiger partial charge in [-0.25, -0.2) is 4.39 Å². The second-order valence-electron chi connectivity index (χ2n) is 6.39. The standard InChI is InChI=1S/C15H21ClFN3.HI/c1-15(2,3)20-14(18)19-11-6-10(7-11)9-4-5-13(17)12(16)8-9;/h4-5,8,10-11H,6-7H2,1-3H3,(H3,18,19,20);1H. The third-order valence-electron chi connectivity index (χ3n) is 3.35. The molecule has 0 heterocycles. The Kier molecular flexibility index (Phi) is 6.28. The number of nitrogens with two attached hydrogens (primary N) is 1. The second kappa shape index (κ2) is 7.13. The summed E-state index contributed by atoms with van der Waals surface area (Å²) < 4.78 is 13.1. The summed E-state index contributed by atoms with van der Waals surface area (Å²) in [6.45, 7) is 6.12. The van der Waals surface area contributed by atoms with Crippen LogP contribution in [0.25, 0.3) is 0 Å². The first kappa shape index (κ1) is 18.5. The van der Waals surface area contributed by atoms with Gasteiger partial charge in [0.1, 0.15) is 5.82 Å². The molecule has 0 aromatic heterocycles. The molecule has 6 heteroatoms. The van der Waals surface area contributed by atoms with Crippen LogP contribution in [0.15, 0.2) is 23.2 Å². The van der Waals surface area contributed by atoms with E-state index in [1.54, 1.807) is 12.1 Å². The average molecular weight is 426 g/mol. The fourth-order valence-corrected chi connectivity index (χ4v) is 2.53. The number of benzene rings is 1. The Morgan fingerprint density at radius 2 is 2.00 bits per heavy atom. The van der Waals surface area contributed by atoms with Gasteiger partial charge in [0, 0.05) is 5.54 Å². The SMILES string of the molecule is CC(C)(C)NC(N)=NC1CC(c2ccc(F)c(Cl)c2)C1.I. The lowest BCUT2D eigenvalue weighted by Gasteiger charge is -2.34. The highest BCUT2D eigenvalue weighted by molar-refractivity contribution is 14.0. The molecule has 1 aromatic carbocycles. The van der Waals surface area contributed by atoms with Gasteiger partial charge in [-0.15, -0.1) is 24.0 Å². The van der Waals surface area contributed by atoms with Crippen molar-refractivity contribution in [2.75, 3.05) is 0 Å². The highest BCUT2D eigenvalue weighted by atomic mass is 127. The van der Waals surface area contributed by atoms with Crippen LogP contribution in [0.5, 0.6) is 0 Å². The van der Waals surface area contributed by atoms with Crippen molar-refractivity contribution in [1.29, 1.82) is 0 Å². The van der Waals surface area contributed by atoms with Crippen molar-refractivity contribution in [2.24, 2.45) is 10.7 Å². The maximum Gasteiger partial charge on any atom is 0.189 e. The van der Waals surface area contributed by atoms with Gasteiger partial charge in [-0.2, -0.15) is 0 Å². The van der Waals surface area contributed by atoms with E-state index >= 15 is 0 Å². The third kappa shape index (κ3) is 5.29. The van der Waals surface area contributed by atoms with E-state index < -0.39 is 0 Å². The fraction of sp³-hybridized carbons (Fsp3) is 0.533. The first-order valence-electron chi connectivity index (χ1n) is 6.81. The predicted octanol–water partition coefficient (Wildman–Crippen LogP) is 4.05. The van der Waals surface area contributed by atoms with E-state index in [-0.39, 0.29) is 46.4 Å². The van der Waals surface area contributed by atoms with Crippen molar-refractivity contribution in [1.82, 2.24) is 5.32 Å². The van der Waals surface area contributed by atoms with Crippen LogP contribution in [0.4, 0.5) is 4.39 Å². The number of halogens is 3. The van der Waals surface area contributed by atoms with Crippen molar-refractivity contribution in [2.45, 2.75) is 51.1 Å². The van der Waals surface area contributed by atoms with Crippen molar-refractivity contribution < 1.29 is 4.39 Å². The highest BCUT2D eigenvalue weighted by Crippen LogP contribution is 2.39. The summed E-state index contributed by atoms with van der Waals surface area (Å²) >= 11 is 5.80. The molecule has 0 spiro atoms. The molecule has 3 nitrogen and oxygen atoms in total. The molecule has 2 rings (SSSR count). The Balaban J connectivity index is 0.00000220. The van der Waals surface area contributed by atoms with Gasteiger partial charge < -0.3 is 11.1 Å². The van der Waals surface area contributed by atoms with E-state index in [2.05, 4.69) is 10.3 Å². The molecule has 0 atom stereocenters. The number of rotatable bonds is 2. The number of guanidine groups is 1. The van der Waals surface area contributed by atoms with E-state index in [9.17, 15) is 4.39 Å². The maximum atomic E-state index is 13.1. The van der Waals surface area contributed by atoms with Gasteiger partial charge in [0.2, 0.25) is 0 Å². The Hall–Kier alpha value is -0.560. The lowest BCUT2D eigenvalue weighted by atomic mass is 9.76. The summed E-state index contributed by atoms with van der Waals surface area (Å²) in [6.07, 6.45) is 1.85. The van der Waals surface area contributed by atoms with E-state index in [1.807, 2.05) is 20.8 Å². The number of hydrogen-bond donors (Lipinski definition) is 2. The van der Waals surface area contributed by atoms with Crippen LogP contribution in [0, 0.1) is 5.82 Å². The first-order chi connectivity index (χ1) is 9.24. The first-order valence-corrected chi connectivity index (χ1v) is 7.19. The molecule has 1 aliphatic rings. The molecule has 21 heavy (non-hydrogen) atoms. The Morgan fingerprint density at radius 3 is 2.52 bits per heavy atom. The Labute approximate surface area is 147 Å². The minimum absolute atomic E-state index is 0. The topological polar surface area (TPSA) is 50.4 Å². The van der Waals surface area contributed by atoms with Gasteiger partial charge in [0.25, 0.3) is 0 Å². The van der Waals surface area contributed by atoms with Gasteiger partial charge in [-0.3, -0.25) is 4.99 Å². The third-order valence-corrected chi connectivity index (χ3v) is 3.64. The molecule has 1 aliphatic carbocycles. The molecular formula is C15H22ClFIN3. The van der Waals surface area contributed by atoms with Crippen molar-refractivity contribution in [3.63, 3.8) is 0 Å². The van der Waals surface area contributed by atoms with Crippen molar-refractivity contribution in [3.8, 4) is 0 Å². The second-order valence-corrected chi connectivity index (χ2v) is 6.79. The predicted molar refractivity (Wildman–Crippen MR) is 97.1 cm³/mol. The smallest absolute Gasteiger partial charge is 0.189 e. The van der Waals surface area contributed by atoms with Gasteiger partial charge in [-0.1, -0.05) is 17.7 Å².